The van der Waals surface area contributed by atoms with Gasteiger partial charge < -0.3 is 10.5 Å². The van der Waals surface area contributed by atoms with E-state index in [1.54, 1.807) is 0 Å². The van der Waals surface area contributed by atoms with Crippen molar-refractivity contribution in [3.63, 3.8) is 0 Å². The van der Waals surface area contributed by atoms with E-state index in [1.807, 2.05) is 0 Å². The molecule has 0 aliphatic carbocycles. The average molecular weight is 335 g/mol. The molecule has 2 N–H and O–H groups in total. The van der Waals surface area contributed by atoms with E-state index >= 15 is 0 Å². The number of nitrogens with two attached hydrogens (primary N) is 1. The monoisotopic (exact) mass is 335 g/mol. The van der Waals surface area contributed by atoms with Gasteiger partial charge in [0, 0.05) is 5.56 Å². The third kappa shape index (κ3) is 5.12. The van der Waals surface area contributed by atoms with Gasteiger partial charge in [-0.15, -0.1) is 0 Å². The average Bonchev–Trinajstić information content (AvgIpc) is 2.24. The van der Waals surface area contributed by atoms with E-state index in [0.29, 0.717) is 0 Å². The standard InChI is InChI=1S/C11H8F7NOS/c12-7-2-5(1-6(3-7)8(19)21)4-20-9(10(13,14)15)11(16,17)18/h1-3,9H,4H2,(H2,19,21). The molecule has 0 aromatic heterocycles. The lowest BCUT2D eigenvalue weighted by Gasteiger charge is -2.23. The van der Waals surface area contributed by atoms with E-state index in [9.17, 15) is 30.7 Å². The molecule has 0 spiro atoms. The summed E-state index contributed by atoms with van der Waals surface area (Å²) in [6, 6.07) is 2.68. The summed E-state index contributed by atoms with van der Waals surface area (Å²) in [4.78, 5) is -0.251. The summed E-state index contributed by atoms with van der Waals surface area (Å²) in [6.45, 7) is -1.10. The molecule has 0 fully saturated rings. The molecule has 21 heavy (non-hydrogen) atoms. The highest BCUT2D eigenvalue weighted by molar-refractivity contribution is 7.80. The summed E-state index contributed by atoms with van der Waals surface area (Å²) in [5.74, 6) is -0.908. The predicted molar refractivity (Wildman–Crippen MR) is 63.0 cm³/mol. The van der Waals surface area contributed by atoms with E-state index in [1.165, 1.54) is 0 Å². The van der Waals surface area contributed by atoms with Gasteiger partial charge in [0.05, 0.1) is 6.61 Å². The molecule has 0 bridgehead atoms. The van der Waals surface area contributed by atoms with E-state index in [2.05, 4.69) is 17.0 Å². The third-order valence-electron chi connectivity index (χ3n) is 2.25. The normalized spacial score (nSPS) is 12.8. The van der Waals surface area contributed by atoms with Crippen LogP contribution in [0.3, 0.4) is 0 Å². The fourth-order valence-electron chi connectivity index (χ4n) is 1.43. The van der Waals surface area contributed by atoms with Crippen molar-refractivity contribution < 1.29 is 35.5 Å². The second-order valence-electron chi connectivity index (χ2n) is 3.99. The molecule has 0 unspecified atom stereocenters. The summed E-state index contributed by atoms with van der Waals surface area (Å²) < 4.78 is 90.5. The topological polar surface area (TPSA) is 35.2 Å². The fourth-order valence-corrected chi connectivity index (χ4v) is 1.55. The summed E-state index contributed by atoms with van der Waals surface area (Å²) >= 11 is 4.55. The van der Waals surface area contributed by atoms with Gasteiger partial charge in [-0.3, -0.25) is 0 Å². The number of hydrogen-bond acceptors (Lipinski definition) is 2. The highest BCUT2D eigenvalue weighted by Crippen LogP contribution is 2.36. The largest absolute Gasteiger partial charge is 0.423 e. The first-order valence-electron chi connectivity index (χ1n) is 5.25. The minimum absolute atomic E-state index is 0.0285. The van der Waals surface area contributed by atoms with Gasteiger partial charge in [-0.1, -0.05) is 12.2 Å². The molecule has 0 aliphatic rings. The van der Waals surface area contributed by atoms with Crippen LogP contribution in [0.5, 0.6) is 0 Å². The molecule has 2 nitrogen and oxygen atoms in total. The van der Waals surface area contributed by atoms with Crippen LogP contribution in [0.25, 0.3) is 0 Å². The Labute approximate surface area is 119 Å². The van der Waals surface area contributed by atoms with Crippen molar-refractivity contribution in [2.24, 2.45) is 5.73 Å². The maximum Gasteiger partial charge on any atom is 0.423 e. The molecule has 1 aromatic rings. The van der Waals surface area contributed by atoms with Crippen LogP contribution in [0.2, 0.25) is 0 Å². The Balaban J connectivity index is 2.93. The summed E-state index contributed by atoms with van der Waals surface area (Å²) in [7, 11) is 0. The zero-order chi connectivity index (χ0) is 16.4. The lowest BCUT2D eigenvalue weighted by atomic mass is 10.1. The maximum absolute atomic E-state index is 13.2. The molecule has 0 heterocycles. The Hall–Kier alpha value is -1.42. The van der Waals surface area contributed by atoms with Crippen LogP contribution in [0, 0.1) is 5.82 Å². The lowest BCUT2D eigenvalue weighted by Crippen LogP contribution is -2.44. The Morgan fingerprint density at radius 1 is 1.10 bits per heavy atom. The van der Waals surface area contributed by atoms with Gasteiger partial charge in [-0.05, 0) is 23.8 Å². The SMILES string of the molecule is NC(=S)c1cc(F)cc(COC(C(F)(F)F)C(F)(F)F)c1. The van der Waals surface area contributed by atoms with Crippen molar-refractivity contribution in [2.45, 2.75) is 25.1 Å². The van der Waals surface area contributed by atoms with E-state index in [-0.39, 0.29) is 16.1 Å². The van der Waals surface area contributed by atoms with E-state index < -0.39 is 30.9 Å². The lowest BCUT2D eigenvalue weighted by molar-refractivity contribution is -0.324. The van der Waals surface area contributed by atoms with Crippen molar-refractivity contribution in [2.75, 3.05) is 0 Å². The van der Waals surface area contributed by atoms with Crippen LogP contribution in [0.1, 0.15) is 11.1 Å². The molecule has 0 aliphatic heterocycles. The molecule has 0 radical (unpaired) electrons. The van der Waals surface area contributed by atoms with Crippen LogP contribution >= 0.6 is 12.2 Å². The number of halogens is 7. The molecule has 0 saturated heterocycles. The van der Waals surface area contributed by atoms with E-state index in [0.717, 1.165) is 18.2 Å². The van der Waals surface area contributed by atoms with Gasteiger partial charge >= 0.3 is 12.4 Å². The molecule has 0 amide bonds. The Bertz CT molecular complexity index is 512. The highest BCUT2D eigenvalue weighted by atomic mass is 32.1. The van der Waals surface area contributed by atoms with Crippen molar-refractivity contribution in [1.82, 2.24) is 0 Å². The predicted octanol–water partition coefficient (Wildman–Crippen LogP) is 3.47. The zero-order valence-electron chi connectivity index (χ0n) is 10.1. The van der Waals surface area contributed by atoms with Crippen LogP contribution in [-0.2, 0) is 11.3 Å². The minimum Gasteiger partial charge on any atom is -0.389 e. The molecule has 0 atom stereocenters. The smallest absolute Gasteiger partial charge is 0.389 e. The Morgan fingerprint density at radius 3 is 2.05 bits per heavy atom. The number of thiocarbonyl (C=S) groups is 1. The second-order valence-corrected chi connectivity index (χ2v) is 4.43. The van der Waals surface area contributed by atoms with E-state index in [4.69, 9.17) is 5.73 Å². The van der Waals surface area contributed by atoms with Gasteiger partial charge in [-0.25, -0.2) is 4.39 Å². The maximum atomic E-state index is 13.2. The van der Waals surface area contributed by atoms with Crippen molar-refractivity contribution in [3.8, 4) is 0 Å². The molecule has 0 saturated carbocycles. The number of alkyl halides is 6. The summed E-state index contributed by atoms with van der Waals surface area (Å²) in [5, 5.41) is 0. The number of benzene rings is 1. The first kappa shape index (κ1) is 17.6. The number of hydrogen-bond donors (Lipinski definition) is 1. The summed E-state index contributed by atoms with van der Waals surface area (Å²) in [5.41, 5.74) is 4.93. The van der Waals surface area contributed by atoms with Crippen LogP contribution < -0.4 is 5.73 Å². The third-order valence-corrected chi connectivity index (χ3v) is 2.49. The van der Waals surface area contributed by atoms with Gasteiger partial charge in [-0.2, -0.15) is 26.3 Å². The van der Waals surface area contributed by atoms with Gasteiger partial charge in [0.2, 0.25) is 6.10 Å². The molecule has 1 aromatic carbocycles. The van der Waals surface area contributed by atoms with Gasteiger partial charge in [0.15, 0.2) is 0 Å². The fraction of sp³-hybridized carbons (Fsp3) is 0.364. The minimum atomic E-state index is -5.63. The molecular weight excluding hydrogens is 327 g/mol. The number of ether oxygens (including phenoxy) is 1. The zero-order valence-corrected chi connectivity index (χ0v) is 10.9. The molecule has 1 rings (SSSR count). The van der Waals surface area contributed by atoms with Crippen molar-refractivity contribution >= 4 is 17.2 Å². The Morgan fingerprint density at radius 2 is 1.62 bits per heavy atom. The van der Waals surface area contributed by atoms with Crippen LogP contribution in [-0.4, -0.2) is 23.4 Å². The highest BCUT2D eigenvalue weighted by Gasteiger charge is 2.57. The first-order valence-corrected chi connectivity index (χ1v) is 5.66. The van der Waals surface area contributed by atoms with Crippen LogP contribution in [0.4, 0.5) is 30.7 Å². The van der Waals surface area contributed by atoms with Crippen molar-refractivity contribution in [1.29, 1.82) is 0 Å². The van der Waals surface area contributed by atoms with Crippen molar-refractivity contribution in [3.05, 3.63) is 35.1 Å². The molecular formula is C11H8F7NOS. The first-order chi connectivity index (χ1) is 9.41. The van der Waals surface area contributed by atoms with Gasteiger partial charge in [0.1, 0.15) is 10.8 Å². The Kier molecular flexibility index (Phi) is 5.16. The molecule has 118 valence electrons. The molecule has 10 heteroatoms. The second kappa shape index (κ2) is 6.14. The quantitative estimate of drug-likeness (QED) is 0.676. The number of rotatable bonds is 4. The van der Waals surface area contributed by atoms with Gasteiger partial charge in [0.25, 0.3) is 0 Å². The summed E-state index contributed by atoms with van der Waals surface area (Å²) in [6.07, 6.45) is -15.2. The van der Waals surface area contributed by atoms with Crippen LogP contribution in [0.15, 0.2) is 18.2 Å².